The average Bonchev–Trinajstić information content (AvgIpc) is 3.88. The molecule has 0 aliphatic carbocycles. The summed E-state index contributed by atoms with van der Waals surface area (Å²) in [4.78, 5) is 0. The standard InChI is InChI=1S/C42H28N2/c1-3-11-29(12-4-1)31-19-23-33(24-20-31)43-37-17-9-7-15-35(37)41-39(43)27-28-40-42(41)36-16-8-10-18-38(36)44(40)34-25-21-32(22-26-34)30-13-5-2-6-14-30/h1-28H/i1D,2D,3D,4D,5D,6D,7D,8D,9D,10D,11D,12D,13D,14D,15D,16D,17D,18D,19D,20D,21D,22D,23D,24D,25D,26D,27D,28D. The Balaban J connectivity index is 1.55. The zero-order valence-electron chi connectivity index (χ0n) is 49.9. The van der Waals surface area contributed by atoms with Gasteiger partial charge in [-0.25, -0.2) is 0 Å². The maximum Gasteiger partial charge on any atom is 0.0646 e. The van der Waals surface area contributed by atoms with E-state index in [0.717, 1.165) is 9.13 Å². The molecule has 0 saturated heterocycles. The molecule has 44 heavy (non-hydrogen) atoms. The van der Waals surface area contributed by atoms with Gasteiger partial charge in [0.15, 0.2) is 0 Å². The minimum absolute atomic E-state index is 0.514. The first-order valence-corrected chi connectivity index (χ1v) is 12.8. The Morgan fingerprint density at radius 3 is 1.05 bits per heavy atom. The lowest BCUT2D eigenvalue weighted by molar-refractivity contribution is 1.17. The summed E-state index contributed by atoms with van der Waals surface area (Å²) in [5.74, 6) is 0. The van der Waals surface area contributed by atoms with E-state index in [0.29, 0.717) is 0 Å². The molecule has 9 aromatic rings. The maximum absolute atomic E-state index is 9.67. The third kappa shape index (κ3) is 3.75. The van der Waals surface area contributed by atoms with Crippen LogP contribution in [-0.2, 0) is 0 Å². The Kier molecular flexibility index (Phi) is 2.14. The summed E-state index contributed by atoms with van der Waals surface area (Å²) in [7, 11) is 0. The SMILES string of the molecule is [2H]c1c([2H])c([2H])c(-c2c([2H])c([2H])c(-n3c4c([2H])c([2H])c([2H])c([2H])c4c4c5c6c([2H])c([2H])c([2H])c([2H])c6n(-c6c([2H])c([2H])c(-c7c([2H])c([2H])c([2H])c([2H])c7[2H])c([2H])c6[2H])c5c([2H])c([2H])c43)c([2H])c2[2H])c([2H])c1[2H]. The van der Waals surface area contributed by atoms with Crippen LogP contribution in [0.3, 0.4) is 0 Å². The number of fused-ring (bicyclic) bond motifs is 7. The van der Waals surface area contributed by atoms with E-state index < -0.39 is 246 Å². The second kappa shape index (κ2) is 9.86. The zero-order chi connectivity index (χ0) is 53.4. The van der Waals surface area contributed by atoms with Crippen LogP contribution >= 0.6 is 0 Å². The molecule has 0 unspecified atom stereocenters. The summed E-state index contributed by atoms with van der Waals surface area (Å²) in [6.07, 6.45) is 0. The molecule has 0 bridgehead atoms. The van der Waals surface area contributed by atoms with Gasteiger partial charge in [0.25, 0.3) is 0 Å². The first-order valence-electron chi connectivity index (χ1n) is 26.8. The van der Waals surface area contributed by atoms with Crippen LogP contribution in [0, 0.1) is 0 Å². The highest BCUT2D eigenvalue weighted by atomic mass is 15.0. The molecule has 0 saturated carbocycles. The number of nitrogens with zero attached hydrogens (tertiary/aromatic N) is 2. The van der Waals surface area contributed by atoms with Gasteiger partial charge in [-0.2, -0.15) is 0 Å². The van der Waals surface area contributed by atoms with E-state index in [9.17, 15) is 13.7 Å². The molecule has 0 aliphatic rings. The van der Waals surface area contributed by atoms with E-state index in [-0.39, 0.29) is 0 Å². The highest BCUT2D eigenvalue weighted by Crippen LogP contribution is 2.42. The normalized spacial score (nSPS) is 20.5. The number of aromatic nitrogens is 2. The zero-order valence-corrected chi connectivity index (χ0v) is 21.9. The van der Waals surface area contributed by atoms with Crippen molar-refractivity contribution in [3.05, 3.63) is 169 Å². The number of hydrogen-bond donors (Lipinski definition) is 0. The largest absolute Gasteiger partial charge is 0.309 e. The van der Waals surface area contributed by atoms with E-state index >= 15 is 0 Å². The minimum atomic E-state index is -1.04. The van der Waals surface area contributed by atoms with Gasteiger partial charge in [0.1, 0.15) is 0 Å². The smallest absolute Gasteiger partial charge is 0.0646 e. The van der Waals surface area contributed by atoms with Crippen molar-refractivity contribution in [3.63, 3.8) is 0 Å². The second-order valence-electron chi connectivity index (χ2n) is 9.26. The Labute approximate surface area is 295 Å². The van der Waals surface area contributed by atoms with Gasteiger partial charge < -0.3 is 9.13 Å². The van der Waals surface area contributed by atoms with Crippen LogP contribution in [0.1, 0.15) is 38.4 Å². The number of hydrogen-bond acceptors (Lipinski definition) is 0. The molecule has 2 heterocycles. The van der Waals surface area contributed by atoms with Crippen molar-refractivity contribution in [2.75, 3.05) is 0 Å². The summed E-state index contributed by atoms with van der Waals surface area (Å²) in [5, 5.41) is -2.16. The molecule has 0 aliphatic heterocycles. The van der Waals surface area contributed by atoms with Crippen LogP contribution in [-0.4, -0.2) is 9.13 Å². The van der Waals surface area contributed by atoms with Crippen LogP contribution in [0.2, 0.25) is 0 Å². The second-order valence-corrected chi connectivity index (χ2v) is 9.26. The summed E-state index contributed by atoms with van der Waals surface area (Å²) in [5.41, 5.74) is -7.27. The Morgan fingerprint density at radius 2 is 0.636 bits per heavy atom. The molecule has 2 heteroatoms. The highest BCUT2D eigenvalue weighted by molar-refractivity contribution is 6.28. The Bertz CT molecular complexity index is 3700. The van der Waals surface area contributed by atoms with Crippen LogP contribution in [0.15, 0.2) is 169 Å². The molecule has 206 valence electrons. The first-order chi connectivity index (χ1) is 33.5. The fraction of sp³-hybridized carbons (Fsp3) is 0. The third-order valence-electron chi connectivity index (χ3n) is 6.92. The van der Waals surface area contributed by atoms with Gasteiger partial charge >= 0.3 is 0 Å². The maximum atomic E-state index is 9.67. The fourth-order valence-corrected chi connectivity index (χ4v) is 5.12. The monoisotopic (exact) mass is 588 g/mol. The topological polar surface area (TPSA) is 9.86 Å². The molecule has 0 amide bonds. The fourth-order valence-electron chi connectivity index (χ4n) is 5.12. The van der Waals surface area contributed by atoms with Crippen LogP contribution < -0.4 is 0 Å². The molecule has 2 nitrogen and oxygen atoms in total. The lowest BCUT2D eigenvalue weighted by atomic mass is 10.1. The molecular weight excluding hydrogens is 532 g/mol. The van der Waals surface area contributed by atoms with Gasteiger partial charge in [-0.05, 0) is 70.6 Å². The highest BCUT2D eigenvalue weighted by Gasteiger charge is 2.20. The molecule has 9 rings (SSSR count). The van der Waals surface area contributed by atoms with Crippen LogP contribution in [0.5, 0.6) is 0 Å². The van der Waals surface area contributed by atoms with Crippen LogP contribution in [0.4, 0.5) is 0 Å². The summed E-state index contributed by atoms with van der Waals surface area (Å²) >= 11 is 0. The van der Waals surface area contributed by atoms with Crippen molar-refractivity contribution >= 4 is 43.6 Å². The van der Waals surface area contributed by atoms with E-state index in [2.05, 4.69) is 0 Å². The van der Waals surface area contributed by atoms with E-state index in [1.165, 1.54) is 0 Å². The van der Waals surface area contributed by atoms with Gasteiger partial charge in [0, 0.05) is 32.9 Å². The molecule has 0 fully saturated rings. The number of para-hydroxylation sites is 2. The third-order valence-corrected chi connectivity index (χ3v) is 6.92. The van der Waals surface area contributed by atoms with Crippen molar-refractivity contribution in [2.45, 2.75) is 0 Å². The average molecular weight is 589 g/mol. The van der Waals surface area contributed by atoms with Crippen molar-refractivity contribution in [2.24, 2.45) is 0 Å². The summed E-state index contributed by atoms with van der Waals surface area (Å²) in [6.45, 7) is 0. The van der Waals surface area contributed by atoms with Gasteiger partial charge in [-0.3, -0.25) is 0 Å². The van der Waals surface area contributed by atoms with Gasteiger partial charge in [-0.15, -0.1) is 0 Å². The minimum Gasteiger partial charge on any atom is -0.309 e. The number of rotatable bonds is 4. The van der Waals surface area contributed by atoms with Crippen molar-refractivity contribution in [1.82, 2.24) is 9.13 Å². The molecule has 2 aromatic heterocycles. The molecule has 7 aromatic carbocycles. The molecule has 0 atom stereocenters. The first kappa shape index (κ1) is 9.57. The van der Waals surface area contributed by atoms with Gasteiger partial charge in [0.2, 0.25) is 0 Å². The quantitative estimate of drug-likeness (QED) is 0.193. The molecule has 0 N–H and O–H groups in total. The van der Waals surface area contributed by atoms with Gasteiger partial charge in [0.05, 0.1) is 60.4 Å². The Morgan fingerprint density at radius 1 is 0.295 bits per heavy atom. The molecule has 0 radical (unpaired) electrons. The van der Waals surface area contributed by atoms with Crippen molar-refractivity contribution in [1.29, 1.82) is 0 Å². The van der Waals surface area contributed by atoms with Crippen LogP contribution in [0.25, 0.3) is 77.2 Å². The lowest BCUT2D eigenvalue weighted by Crippen LogP contribution is -1.95. The van der Waals surface area contributed by atoms with Crippen molar-refractivity contribution in [3.8, 4) is 33.6 Å². The predicted octanol–water partition coefficient (Wildman–Crippen LogP) is 11.2. The Hall–Kier alpha value is -5.86. The number of benzene rings is 7. The lowest BCUT2D eigenvalue weighted by Gasteiger charge is -2.11. The summed E-state index contributed by atoms with van der Waals surface area (Å²) in [6, 6.07) is -26.1. The summed E-state index contributed by atoms with van der Waals surface area (Å²) < 4.78 is 250. The van der Waals surface area contributed by atoms with Gasteiger partial charge in [-0.1, -0.05) is 121 Å². The predicted molar refractivity (Wildman–Crippen MR) is 186 cm³/mol. The van der Waals surface area contributed by atoms with E-state index in [1.807, 2.05) is 0 Å². The van der Waals surface area contributed by atoms with E-state index in [4.69, 9.17) is 24.7 Å². The van der Waals surface area contributed by atoms with E-state index in [1.54, 1.807) is 0 Å². The van der Waals surface area contributed by atoms with Crippen molar-refractivity contribution < 1.29 is 38.4 Å². The molecule has 0 spiro atoms. The molecular formula is C42H28N2.